The lowest BCUT2D eigenvalue weighted by Gasteiger charge is -2.25. The van der Waals surface area contributed by atoms with Gasteiger partial charge in [0, 0.05) is 16.6 Å². The summed E-state index contributed by atoms with van der Waals surface area (Å²) in [4.78, 5) is 53.1. The minimum absolute atomic E-state index is 0.123. The molecule has 1 aliphatic heterocycles. The molecular weight excluding hydrogens is 512 g/mol. The zero-order chi connectivity index (χ0) is 24.9. The van der Waals surface area contributed by atoms with Crippen LogP contribution in [-0.2, 0) is 36.8 Å². The maximum atomic E-state index is 13.2. The highest BCUT2D eigenvalue weighted by Crippen LogP contribution is 2.36. The van der Waals surface area contributed by atoms with Crippen LogP contribution in [0.5, 0.6) is 0 Å². The van der Waals surface area contributed by atoms with Crippen molar-refractivity contribution in [2.45, 2.75) is 38.6 Å². The number of rotatable bonds is 8. The second-order valence-electron chi connectivity index (χ2n) is 8.72. The largest absolute Gasteiger partial charge is 0.454 e. The quantitative estimate of drug-likeness (QED) is 0.311. The number of likely N-dealkylation sites (tertiary alicyclic amines) is 1. The summed E-state index contributed by atoms with van der Waals surface area (Å²) in [5.74, 6) is -2.88. The fourth-order valence-corrected chi connectivity index (χ4v) is 5.05. The molecule has 3 atom stereocenters. The molecule has 1 saturated heterocycles. The second kappa shape index (κ2) is 11.0. The number of aryl methyl sites for hydroxylation is 1. The van der Waals surface area contributed by atoms with Crippen LogP contribution in [-0.4, -0.2) is 41.2 Å². The van der Waals surface area contributed by atoms with E-state index in [1.807, 2.05) is 61.5 Å². The molecular formula is C27H27BrN2O5. The number of carbonyl (C=O) groups excluding carboxylic acids is 4. The number of esters is 1. The van der Waals surface area contributed by atoms with Crippen molar-refractivity contribution in [2.75, 3.05) is 11.9 Å². The molecule has 2 aromatic rings. The van der Waals surface area contributed by atoms with Crippen molar-refractivity contribution in [2.24, 2.45) is 11.8 Å². The predicted molar refractivity (Wildman–Crippen MR) is 134 cm³/mol. The van der Waals surface area contributed by atoms with Crippen molar-refractivity contribution >= 4 is 45.3 Å². The van der Waals surface area contributed by atoms with E-state index in [0.29, 0.717) is 24.9 Å². The summed E-state index contributed by atoms with van der Waals surface area (Å²) in [5, 5.41) is 2.77. The lowest BCUT2D eigenvalue weighted by Crippen LogP contribution is -2.48. The molecule has 0 radical (unpaired) electrons. The summed E-state index contributed by atoms with van der Waals surface area (Å²) in [6.07, 6.45) is 5.60. The Hall–Kier alpha value is -3.26. The fraction of sp³-hybridized carbons (Fsp3) is 0.333. The average Bonchev–Trinajstić information content (AvgIpc) is 3.12. The Bertz CT molecular complexity index is 1140. The van der Waals surface area contributed by atoms with Crippen molar-refractivity contribution in [3.63, 3.8) is 0 Å². The number of allylic oxidation sites excluding steroid dienone is 2. The number of nitrogens with zero attached hydrogens (tertiary/aromatic N) is 1. The number of fused-ring (bicyclic) bond motifs is 1. The third-order valence-electron chi connectivity index (χ3n) is 6.47. The molecule has 182 valence electrons. The molecule has 1 heterocycles. The monoisotopic (exact) mass is 538 g/mol. The van der Waals surface area contributed by atoms with Crippen LogP contribution in [0.4, 0.5) is 5.69 Å². The molecule has 0 aromatic heterocycles. The lowest BCUT2D eigenvalue weighted by molar-refractivity contribution is -0.159. The highest BCUT2D eigenvalue weighted by Gasteiger charge is 2.51. The Labute approximate surface area is 212 Å². The number of benzene rings is 2. The molecule has 35 heavy (non-hydrogen) atoms. The number of ether oxygens (including phenoxy) is 1. The van der Waals surface area contributed by atoms with Crippen molar-refractivity contribution in [3.05, 3.63) is 76.3 Å². The van der Waals surface area contributed by atoms with E-state index in [1.54, 1.807) is 6.07 Å². The molecule has 0 saturated carbocycles. The Morgan fingerprint density at radius 1 is 1.06 bits per heavy atom. The highest BCUT2D eigenvalue weighted by molar-refractivity contribution is 9.10. The molecule has 0 spiro atoms. The number of amides is 3. The number of hydrogen-bond acceptors (Lipinski definition) is 5. The van der Waals surface area contributed by atoms with Gasteiger partial charge in [0.15, 0.2) is 6.61 Å². The SMILES string of the molecule is CCc1cc(Br)ccc1NC(=O)COC(=O)[C@H](Cc1ccccc1)N1C(=O)[C@@H]2CC=CC[C@H]2C1=O. The molecule has 2 aromatic carbocycles. The van der Waals surface area contributed by atoms with Crippen LogP contribution in [0.25, 0.3) is 0 Å². The minimum Gasteiger partial charge on any atom is -0.454 e. The van der Waals surface area contributed by atoms with Crippen LogP contribution >= 0.6 is 15.9 Å². The van der Waals surface area contributed by atoms with Gasteiger partial charge in [-0.2, -0.15) is 0 Å². The van der Waals surface area contributed by atoms with Crippen LogP contribution in [0.2, 0.25) is 0 Å². The predicted octanol–water partition coefficient (Wildman–Crippen LogP) is 4.06. The normalized spacial score (nSPS) is 19.9. The second-order valence-corrected chi connectivity index (χ2v) is 9.63. The van der Waals surface area contributed by atoms with E-state index < -0.39 is 36.4 Å². The Kier molecular flexibility index (Phi) is 7.80. The van der Waals surface area contributed by atoms with Gasteiger partial charge in [0.1, 0.15) is 6.04 Å². The van der Waals surface area contributed by atoms with Crippen molar-refractivity contribution in [1.82, 2.24) is 4.90 Å². The standard InChI is InChI=1S/C27H27BrN2O5/c1-2-18-15-19(28)12-13-22(18)29-24(31)16-35-27(34)23(14-17-8-4-3-5-9-17)30-25(32)20-10-6-7-11-21(20)26(30)33/h3-9,12-13,15,20-21,23H,2,10-11,14,16H2,1H3,(H,29,31)/t20-,21-,23+/m1/s1. The summed E-state index contributed by atoms with van der Waals surface area (Å²) in [6, 6.07) is 13.5. The van der Waals surface area contributed by atoms with Gasteiger partial charge >= 0.3 is 5.97 Å². The summed E-state index contributed by atoms with van der Waals surface area (Å²) in [7, 11) is 0. The minimum atomic E-state index is -1.13. The van der Waals surface area contributed by atoms with Gasteiger partial charge in [-0.3, -0.25) is 19.3 Å². The van der Waals surface area contributed by atoms with E-state index in [4.69, 9.17) is 4.74 Å². The zero-order valence-electron chi connectivity index (χ0n) is 19.4. The maximum Gasteiger partial charge on any atom is 0.330 e. The molecule has 3 amide bonds. The molecule has 1 aliphatic carbocycles. The molecule has 1 N–H and O–H groups in total. The molecule has 8 heteroatoms. The van der Waals surface area contributed by atoms with E-state index in [1.165, 1.54) is 0 Å². The van der Waals surface area contributed by atoms with Gasteiger partial charge in [-0.1, -0.05) is 65.3 Å². The first-order valence-electron chi connectivity index (χ1n) is 11.7. The van der Waals surface area contributed by atoms with Gasteiger partial charge in [0.25, 0.3) is 5.91 Å². The van der Waals surface area contributed by atoms with Gasteiger partial charge in [-0.15, -0.1) is 0 Å². The van der Waals surface area contributed by atoms with Crippen LogP contribution in [0.15, 0.2) is 65.2 Å². The molecule has 0 unspecified atom stereocenters. The van der Waals surface area contributed by atoms with Crippen molar-refractivity contribution in [3.8, 4) is 0 Å². The number of anilines is 1. The molecule has 4 rings (SSSR count). The van der Waals surface area contributed by atoms with E-state index in [2.05, 4.69) is 21.2 Å². The Morgan fingerprint density at radius 3 is 2.34 bits per heavy atom. The van der Waals surface area contributed by atoms with Crippen LogP contribution in [0.1, 0.15) is 30.9 Å². The number of hydrogen-bond donors (Lipinski definition) is 1. The Morgan fingerprint density at radius 2 is 1.71 bits per heavy atom. The summed E-state index contributed by atoms with van der Waals surface area (Å²) in [6.45, 7) is 1.46. The fourth-order valence-electron chi connectivity index (χ4n) is 4.65. The van der Waals surface area contributed by atoms with E-state index in [9.17, 15) is 19.2 Å². The van der Waals surface area contributed by atoms with Crippen molar-refractivity contribution in [1.29, 1.82) is 0 Å². The third-order valence-corrected chi connectivity index (χ3v) is 6.96. The van der Waals surface area contributed by atoms with Gasteiger partial charge in [-0.05, 0) is 48.6 Å². The lowest BCUT2D eigenvalue weighted by atomic mass is 9.85. The summed E-state index contributed by atoms with van der Waals surface area (Å²) < 4.78 is 6.25. The first-order valence-corrected chi connectivity index (χ1v) is 12.5. The van der Waals surface area contributed by atoms with Gasteiger partial charge in [0.05, 0.1) is 11.8 Å². The number of imide groups is 1. The van der Waals surface area contributed by atoms with Crippen LogP contribution in [0, 0.1) is 11.8 Å². The van der Waals surface area contributed by atoms with Gasteiger partial charge in [0.2, 0.25) is 11.8 Å². The van der Waals surface area contributed by atoms with E-state index in [-0.39, 0.29) is 18.2 Å². The molecule has 1 fully saturated rings. The molecule has 7 nitrogen and oxygen atoms in total. The molecule has 2 aliphatic rings. The van der Waals surface area contributed by atoms with Crippen molar-refractivity contribution < 1.29 is 23.9 Å². The first-order chi connectivity index (χ1) is 16.9. The number of halogens is 1. The smallest absolute Gasteiger partial charge is 0.330 e. The highest BCUT2D eigenvalue weighted by atomic mass is 79.9. The van der Waals surface area contributed by atoms with E-state index >= 15 is 0 Å². The average molecular weight is 539 g/mol. The number of carbonyl (C=O) groups is 4. The van der Waals surface area contributed by atoms with Gasteiger partial charge < -0.3 is 10.1 Å². The topological polar surface area (TPSA) is 92.8 Å². The van der Waals surface area contributed by atoms with Crippen LogP contribution < -0.4 is 5.32 Å². The van der Waals surface area contributed by atoms with Crippen LogP contribution in [0.3, 0.4) is 0 Å². The van der Waals surface area contributed by atoms with E-state index in [0.717, 1.165) is 20.5 Å². The summed E-state index contributed by atoms with van der Waals surface area (Å²) >= 11 is 3.42. The summed E-state index contributed by atoms with van der Waals surface area (Å²) in [5.41, 5.74) is 2.36. The number of nitrogens with one attached hydrogen (secondary N) is 1. The van der Waals surface area contributed by atoms with Gasteiger partial charge in [-0.25, -0.2) is 4.79 Å². The Balaban J connectivity index is 1.48. The molecule has 0 bridgehead atoms. The third kappa shape index (κ3) is 5.53. The zero-order valence-corrected chi connectivity index (χ0v) is 21.0. The first kappa shape index (κ1) is 24.9. The maximum absolute atomic E-state index is 13.2.